The summed E-state index contributed by atoms with van der Waals surface area (Å²) in [6, 6.07) is 7.50. The van der Waals surface area contributed by atoms with Gasteiger partial charge in [0.1, 0.15) is 0 Å². The summed E-state index contributed by atoms with van der Waals surface area (Å²) in [7, 11) is 0. The molecule has 0 fully saturated rings. The van der Waals surface area contributed by atoms with E-state index in [0.29, 0.717) is 12.2 Å². The van der Waals surface area contributed by atoms with Crippen molar-refractivity contribution in [3.8, 4) is 0 Å². The Kier molecular flexibility index (Phi) is 4.64. The summed E-state index contributed by atoms with van der Waals surface area (Å²) in [5.74, 6) is 0.712. The van der Waals surface area contributed by atoms with Crippen molar-refractivity contribution in [3.05, 3.63) is 29.3 Å². The molecule has 0 aliphatic rings. The van der Waals surface area contributed by atoms with E-state index in [1.807, 2.05) is 24.3 Å². The van der Waals surface area contributed by atoms with E-state index in [2.05, 4.69) is 0 Å². The van der Waals surface area contributed by atoms with Gasteiger partial charge in [0.25, 0.3) is 0 Å². The lowest BCUT2D eigenvalue weighted by Crippen LogP contribution is -1.87. The molecule has 1 aromatic carbocycles. The van der Waals surface area contributed by atoms with Gasteiger partial charge >= 0.3 is 0 Å². The fourth-order valence-electron chi connectivity index (χ4n) is 0.780. The molecule has 70 valence electrons. The number of halogens is 2. The van der Waals surface area contributed by atoms with Crippen molar-refractivity contribution in [1.29, 1.82) is 0 Å². The summed E-state index contributed by atoms with van der Waals surface area (Å²) >= 11 is 12.5. The van der Waals surface area contributed by atoms with Crippen LogP contribution in [0.5, 0.6) is 0 Å². The molecule has 0 aromatic heterocycles. The molecule has 0 unspecified atom stereocenters. The maximum Gasteiger partial charge on any atom is 0.222 e. The highest BCUT2D eigenvalue weighted by molar-refractivity contribution is 7.99. The highest BCUT2D eigenvalue weighted by Gasteiger charge is 1.97. The van der Waals surface area contributed by atoms with Gasteiger partial charge in [0.15, 0.2) is 0 Å². The fourth-order valence-corrected chi connectivity index (χ4v) is 1.96. The molecule has 1 aromatic rings. The van der Waals surface area contributed by atoms with Crippen LogP contribution in [0.4, 0.5) is 0 Å². The van der Waals surface area contributed by atoms with Crippen LogP contribution in [0.2, 0.25) is 5.02 Å². The molecule has 0 saturated carbocycles. The maximum atomic E-state index is 10.4. The highest BCUT2D eigenvalue weighted by Crippen LogP contribution is 2.20. The van der Waals surface area contributed by atoms with Crippen molar-refractivity contribution in [2.45, 2.75) is 11.3 Å². The van der Waals surface area contributed by atoms with Gasteiger partial charge in [-0.15, -0.1) is 11.8 Å². The molecule has 0 amide bonds. The van der Waals surface area contributed by atoms with Crippen LogP contribution in [0.25, 0.3) is 0 Å². The van der Waals surface area contributed by atoms with E-state index in [1.54, 1.807) is 11.8 Å². The zero-order valence-corrected chi connectivity index (χ0v) is 9.12. The van der Waals surface area contributed by atoms with Gasteiger partial charge in [-0.1, -0.05) is 11.6 Å². The number of rotatable bonds is 4. The van der Waals surface area contributed by atoms with Gasteiger partial charge in [-0.3, -0.25) is 4.79 Å². The van der Waals surface area contributed by atoms with E-state index in [4.69, 9.17) is 23.2 Å². The molecule has 0 bridgehead atoms. The summed E-state index contributed by atoms with van der Waals surface area (Å²) in [6.45, 7) is 0. The Balaban J connectivity index is 2.37. The summed E-state index contributed by atoms with van der Waals surface area (Å²) in [5, 5.41) is 0.430. The van der Waals surface area contributed by atoms with Crippen molar-refractivity contribution in [2.75, 3.05) is 5.75 Å². The van der Waals surface area contributed by atoms with Gasteiger partial charge in [-0.05, 0) is 35.9 Å². The first-order chi connectivity index (χ1) is 6.18. The summed E-state index contributed by atoms with van der Waals surface area (Å²) < 4.78 is 0. The van der Waals surface area contributed by atoms with Crippen LogP contribution in [0.15, 0.2) is 29.2 Å². The highest BCUT2D eigenvalue weighted by atomic mass is 35.5. The van der Waals surface area contributed by atoms with Crippen molar-refractivity contribution < 1.29 is 4.79 Å². The van der Waals surface area contributed by atoms with Gasteiger partial charge in [0.05, 0.1) is 0 Å². The fraction of sp³-hybridized carbons (Fsp3) is 0.222. The Morgan fingerprint density at radius 3 is 2.46 bits per heavy atom. The Labute approximate surface area is 91.4 Å². The molecular formula is C9H8Cl2OS. The monoisotopic (exact) mass is 234 g/mol. The summed E-state index contributed by atoms with van der Waals surface area (Å²) in [4.78, 5) is 11.5. The minimum absolute atomic E-state index is 0.290. The van der Waals surface area contributed by atoms with Crippen LogP contribution in [0.1, 0.15) is 6.42 Å². The van der Waals surface area contributed by atoms with E-state index in [1.165, 1.54) is 0 Å². The third-order valence-electron chi connectivity index (χ3n) is 1.38. The Morgan fingerprint density at radius 1 is 1.31 bits per heavy atom. The van der Waals surface area contributed by atoms with E-state index < -0.39 is 0 Å². The van der Waals surface area contributed by atoms with Crippen LogP contribution < -0.4 is 0 Å². The molecular weight excluding hydrogens is 227 g/mol. The molecule has 0 aliphatic heterocycles. The number of hydrogen-bond acceptors (Lipinski definition) is 2. The zero-order valence-electron chi connectivity index (χ0n) is 6.80. The predicted octanol–water partition coefficient (Wildman–Crippen LogP) is 3.59. The first-order valence-electron chi connectivity index (χ1n) is 3.75. The Hall–Kier alpha value is -0.180. The van der Waals surface area contributed by atoms with Gasteiger partial charge in [0.2, 0.25) is 5.24 Å². The van der Waals surface area contributed by atoms with Crippen LogP contribution >= 0.6 is 35.0 Å². The summed E-state index contributed by atoms with van der Waals surface area (Å²) in [6.07, 6.45) is 0.398. The third kappa shape index (κ3) is 4.55. The third-order valence-corrected chi connectivity index (χ3v) is 2.84. The minimum atomic E-state index is -0.290. The molecule has 0 spiro atoms. The first-order valence-corrected chi connectivity index (χ1v) is 5.49. The minimum Gasteiger partial charge on any atom is -0.281 e. The van der Waals surface area contributed by atoms with Crippen LogP contribution in [-0.2, 0) is 4.79 Å². The van der Waals surface area contributed by atoms with E-state index >= 15 is 0 Å². The Morgan fingerprint density at radius 2 is 1.92 bits per heavy atom. The van der Waals surface area contributed by atoms with Crippen LogP contribution in [0, 0.1) is 0 Å². The van der Waals surface area contributed by atoms with Gasteiger partial charge in [0, 0.05) is 22.1 Å². The van der Waals surface area contributed by atoms with E-state index in [9.17, 15) is 4.79 Å². The largest absolute Gasteiger partial charge is 0.281 e. The number of hydrogen-bond donors (Lipinski definition) is 0. The van der Waals surface area contributed by atoms with Gasteiger partial charge in [-0.2, -0.15) is 0 Å². The van der Waals surface area contributed by atoms with Crippen LogP contribution in [0.3, 0.4) is 0 Å². The average molecular weight is 235 g/mol. The molecule has 4 heteroatoms. The lowest BCUT2D eigenvalue weighted by atomic mass is 10.4. The van der Waals surface area contributed by atoms with Crippen molar-refractivity contribution >= 4 is 40.2 Å². The molecule has 1 rings (SSSR count). The topological polar surface area (TPSA) is 17.1 Å². The number of benzene rings is 1. The Bertz CT molecular complexity index is 284. The predicted molar refractivity (Wildman–Crippen MR) is 57.7 cm³/mol. The van der Waals surface area contributed by atoms with Crippen molar-refractivity contribution in [2.24, 2.45) is 0 Å². The molecule has 0 heterocycles. The standard InChI is InChI=1S/C9H8Cl2OS/c10-7-1-3-8(4-2-7)13-6-5-9(11)12/h1-4H,5-6H2. The molecule has 0 radical (unpaired) electrons. The summed E-state index contributed by atoms with van der Waals surface area (Å²) in [5.41, 5.74) is 0. The maximum absolute atomic E-state index is 10.4. The smallest absolute Gasteiger partial charge is 0.222 e. The second-order valence-corrected chi connectivity index (χ2v) is 4.43. The number of carbonyl (C=O) groups is 1. The van der Waals surface area contributed by atoms with Gasteiger partial charge in [-0.25, -0.2) is 0 Å². The number of thioether (sulfide) groups is 1. The number of carbonyl (C=O) groups excluding carboxylic acids is 1. The molecule has 0 saturated heterocycles. The van der Waals surface area contributed by atoms with Crippen molar-refractivity contribution in [3.63, 3.8) is 0 Å². The van der Waals surface area contributed by atoms with Gasteiger partial charge < -0.3 is 0 Å². The average Bonchev–Trinajstić information content (AvgIpc) is 2.08. The van der Waals surface area contributed by atoms with E-state index in [-0.39, 0.29) is 5.24 Å². The second-order valence-electron chi connectivity index (χ2n) is 2.41. The van der Waals surface area contributed by atoms with Crippen molar-refractivity contribution in [1.82, 2.24) is 0 Å². The lowest BCUT2D eigenvalue weighted by Gasteiger charge is -1.98. The first kappa shape index (κ1) is 10.9. The lowest BCUT2D eigenvalue weighted by molar-refractivity contribution is -0.111. The quantitative estimate of drug-likeness (QED) is 0.586. The van der Waals surface area contributed by atoms with E-state index in [0.717, 1.165) is 9.92 Å². The molecule has 0 aliphatic carbocycles. The van der Waals surface area contributed by atoms with Crippen LogP contribution in [-0.4, -0.2) is 11.0 Å². The zero-order chi connectivity index (χ0) is 9.68. The molecule has 1 nitrogen and oxygen atoms in total. The second kappa shape index (κ2) is 5.53. The molecule has 0 N–H and O–H groups in total. The SMILES string of the molecule is O=C(Cl)CCSc1ccc(Cl)cc1. The normalized spacial score (nSPS) is 10.0. The molecule has 0 atom stereocenters. The molecule has 13 heavy (non-hydrogen) atoms.